The number of nitrogens with zero attached hydrogens (tertiary/aromatic N) is 5. The molecule has 0 unspecified atom stereocenters. The van der Waals surface area contributed by atoms with Crippen molar-refractivity contribution in [2.75, 3.05) is 13.1 Å². The van der Waals surface area contributed by atoms with Gasteiger partial charge in [-0.05, 0) is 12.5 Å². The molecular weight excluding hydrogens is 334 g/mol. The normalized spacial score (nSPS) is 14.1. The first kappa shape index (κ1) is 16.3. The van der Waals surface area contributed by atoms with Crippen LogP contribution in [-0.2, 0) is 19.5 Å². The predicted octanol–water partition coefficient (Wildman–Crippen LogP) is 1.09. The maximum Gasteiger partial charge on any atom is 0.346 e. The van der Waals surface area contributed by atoms with Crippen molar-refractivity contribution in [3.63, 3.8) is 0 Å². The zero-order valence-electron chi connectivity index (χ0n) is 14.5. The second-order valence-corrected chi connectivity index (χ2v) is 6.33. The van der Waals surface area contributed by atoms with Gasteiger partial charge in [0.25, 0.3) is 5.91 Å². The van der Waals surface area contributed by atoms with Crippen LogP contribution in [0, 0.1) is 6.92 Å². The van der Waals surface area contributed by atoms with Gasteiger partial charge in [0, 0.05) is 26.1 Å². The van der Waals surface area contributed by atoms with Gasteiger partial charge >= 0.3 is 5.69 Å². The second kappa shape index (κ2) is 6.62. The van der Waals surface area contributed by atoms with Crippen LogP contribution in [0.15, 0.2) is 45.8 Å². The molecule has 4 rings (SSSR count). The molecule has 26 heavy (non-hydrogen) atoms. The molecule has 3 aromatic rings. The van der Waals surface area contributed by atoms with Crippen LogP contribution >= 0.6 is 0 Å². The van der Waals surface area contributed by atoms with Gasteiger partial charge < -0.3 is 9.42 Å². The van der Waals surface area contributed by atoms with E-state index in [-0.39, 0.29) is 11.6 Å². The Kier molecular flexibility index (Phi) is 4.16. The van der Waals surface area contributed by atoms with Crippen molar-refractivity contribution in [3.8, 4) is 0 Å². The van der Waals surface area contributed by atoms with Gasteiger partial charge in [0.1, 0.15) is 17.1 Å². The molecule has 0 radical (unpaired) electrons. The Labute approximate surface area is 149 Å². The van der Waals surface area contributed by atoms with Crippen LogP contribution in [0.4, 0.5) is 0 Å². The van der Waals surface area contributed by atoms with E-state index in [1.165, 1.54) is 10.9 Å². The Balaban J connectivity index is 1.52. The summed E-state index contributed by atoms with van der Waals surface area (Å²) in [7, 11) is 0. The van der Waals surface area contributed by atoms with Gasteiger partial charge in [-0.15, -0.1) is 0 Å². The summed E-state index contributed by atoms with van der Waals surface area (Å²) in [5, 5.41) is 8.14. The summed E-state index contributed by atoms with van der Waals surface area (Å²) in [5.41, 5.74) is 1.35. The number of fused-ring (bicyclic) bond motifs is 1. The molecule has 0 aliphatic carbocycles. The molecule has 1 aliphatic heterocycles. The summed E-state index contributed by atoms with van der Waals surface area (Å²) in [4.78, 5) is 27.0. The summed E-state index contributed by atoms with van der Waals surface area (Å²) in [6.07, 6.45) is 1.97. The molecule has 0 saturated heterocycles. The molecule has 8 nitrogen and oxygen atoms in total. The largest absolute Gasteiger partial charge is 0.361 e. The lowest BCUT2D eigenvalue weighted by Gasteiger charge is -2.19. The minimum Gasteiger partial charge on any atom is -0.361 e. The van der Waals surface area contributed by atoms with Crippen molar-refractivity contribution >= 4 is 5.91 Å². The molecule has 0 fully saturated rings. The van der Waals surface area contributed by atoms with E-state index in [9.17, 15) is 9.59 Å². The van der Waals surface area contributed by atoms with E-state index in [0.29, 0.717) is 49.7 Å². The fourth-order valence-corrected chi connectivity index (χ4v) is 3.20. The Morgan fingerprint density at radius 2 is 2.00 bits per heavy atom. The summed E-state index contributed by atoms with van der Waals surface area (Å²) >= 11 is 0. The van der Waals surface area contributed by atoms with Crippen LogP contribution < -0.4 is 5.69 Å². The van der Waals surface area contributed by atoms with E-state index >= 15 is 0 Å². The standard InChI is InChI=1S/C18H19N5O3/c1-13-15(11-19-26-13)17(24)21-8-7-16-20-23(18(25)22(16)10-9-21)12-14-5-3-2-4-6-14/h2-6,11H,7-10,12H2,1H3. The average molecular weight is 353 g/mol. The average Bonchev–Trinajstić information content (AvgIpc) is 3.12. The lowest BCUT2D eigenvalue weighted by atomic mass is 10.2. The number of rotatable bonds is 3. The van der Waals surface area contributed by atoms with Gasteiger partial charge in [-0.25, -0.2) is 9.48 Å². The molecule has 0 atom stereocenters. The van der Waals surface area contributed by atoms with Crippen LogP contribution in [0.2, 0.25) is 0 Å². The summed E-state index contributed by atoms with van der Waals surface area (Å²) in [6.45, 7) is 3.55. The summed E-state index contributed by atoms with van der Waals surface area (Å²) in [5.74, 6) is 1.09. The van der Waals surface area contributed by atoms with Crippen molar-refractivity contribution in [1.29, 1.82) is 0 Å². The molecule has 1 aromatic carbocycles. The number of aromatic nitrogens is 4. The van der Waals surface area contributed by atoms with Crippen LogP contribution in [0.5, 0.6) is 0 Å². The van der Waals surface area contributed by atoms with Gasteiger partial charge in [-0.1, -0.05) is 35.5 Å². The first-order valence-corrected chi connectivity index (χ1v) is 8.54. The molecule has 0 N–H and O–H groups in total. The number of carbonyl (C=O) groups is 1. The highest BCUT2D eigenvalue weighted by atomic mass is 16.5. The third kappa shape index (κ3) is 2.94. The molecule has 0 saturated carbocycles. The highest BCUT2D eigenvalue weighted by molar-refractivity contribution is 5.94. The van der Waals surface area contributed by atoms with Gasteiger partial charge in [0.05, 0.1) is 12.7 Å². The van der Waals surface area contributed by atoms with Gasteiger partial charge in [-0.3, -0.25) is 9.36 Å². The zero-order valence-corrected chi connectivity index (χ0v) is 14.5. The van der Waals surface area contributed by atoms with E-state index in [1.807, 2.05) is 30.3 Å². The van der Waals surface area contributed by atoms with E-state index in [2.05, 4.69) is 10.3 Å². The van der Waals surface area contributed by atoms with Gasteiger partial charge in [-0.2, -0.15) is 5.10 Å². The lowest BCUT2D eigenvalue weighted by Crippen LogP contribution is -2.35. The minimum atomic E-state index is -0.140. The quantitative estimate of drug-likeness (QED) is 0.703. The van der Waals surface area contributed by atoms with E-state index < -0.39 is 0 Å². The number of hydrogen-bond acceptors (Lipinski definition) is 5. The Bertz CT molecular complexity index is 986. The van der Waals surface area contributed by atoms with Crippen LogP contribution in [0.1, 0.15) is 27.5 Å². The molecule has 2 aromatic heterocycles. The topological polar surface area (TPSA) is 86.2 Å². The maximum atomic E-state index is 12.7. The summed E-state index contributed by atoms with van der Waals surface area (Å²) < 4.78 is 8.13. The molecule has 134 valence electrons. The smallest absolute Gasteiger partial charge is 0.346 e. The third-order valence-corrected chi connectivity index (χ3v) is 4.64. The van der Waals surface area contributed by atoms with Crippen LogP contribution in [-0.4, -0.2) is 43.4 Å². The molecular formula is C18H19N5O3. The Morgan fingerprint density at radius 1 is 1.19 bits per heavy atom. The number of aryl methyl sites for hydroxylation is 1. The van der Waals surface area contributed by atoms with Crippen LogP contribution in [0.25, 0.3) is 0 Å². The van der Waals surface area contributed by atoms with Crippen molar-refractivity contribution in [1.82, 2.24) is 24.4 Å². The number of amides is 1. The lowest BCUT2D eigenvalue weighted by molar-refractivity contribution is 0.0756. The van der Waals surface area contributed by atoms with Crippen molar-refractivity contribution < 1.29 is 9.32 Å². The third-order valence-electron chi connectivity index (χ3n) is 4.64. The first-order valence-electron chi connectivity index (χ1n) is 8.54. The molecule has 1 amide bonds. The monoisotopic (exact) mass is 353 g/mol. The number of benzene rings is 1. The van der Waals surface area contributed by atoms with Crippen molar-refractivity contribution in [3.05, 3.63) is 69.7 Å². The molecule has 8 heteroatoms. The first-order chi connectivity index (χ1) is 12.6. The number of hydrogen-bond donors (Lipinski definition) is 0. The zero-order chi connectivity index (χ0) is 18.1. The predicted molar refractivity (Wildman–Crippen MR) is 92.9 cm³/mol. The van der Waals surface area contributed by atoms with E-state index in [4.69, 9.17) is 4.52 Å². The Morgan fingerprint density at radius 3 is 2.73 bits per heavy atom. The fraction of sp³-hybridized carbons (Fsp3) is 0.333. The minimum absolute atomic E-state index is 0.126. The van der Waals surface area contributed by atoms with Crippen LogP contribution in [0.3, 0.4) is 0 Å². The van der Waals surface area contributed by atoms with Gasteiger partial charge in [0.2, 0.25) is 0 Å². The van der Waals surface area contributed by atoms with Crippen molar-refractivity contribution in [2.45, 2.75) is 26.4 Å². The molecule has 1 aliphatic rings. The number of carbonyl (C=O) groups excluding carboxylic acids is 1. The molecule has 3 heterocycles. The fourth-order valence-electron chi connectivity index (χ4n) is 3.20. The maximum absolute atomic E-state index is 12.7. The highest BCUT2D eigenvalue weighted by Crippen LogP contribution is 2.13. The molecule has 0 spiro atoms. The van der Waals surface area contributed by atoms with E-state index in [0.717, 1.165) is 5.56 Å². The summed E-state index contributed by atoms with van der Waals surface area (Å²) in [6, 6.07) is 9.77. The Hall–Kier alpha value is -3.16. The van der Waals surface area contributed by atoms with Gasteiger partial charge in [0.15, 0.2) is 0 Å². The SMILES string of the molecule is Cc1oncc1C(=O)N1CCc2nn(Cc3ccccc3)c(=O)n2CC1. The molecule has 0 bridgehead atoms. The van der Waals surface area contributed by atoms with E-state index in [1.54, 1.807) is 16.4 Å². The highest BCUT2D eigenvalue weighted by Gasteiger charge is 2.25. The van der Waals surface area contributed by atoms with Crippen molar-refractivity contribution in [2.24, 2.45) is 0 Å². The second-order valence-electron chi connectivity index (χ2n) is 6.33.